The number of unbranched alkanes of at least 4 members (excludes halogenated alkanes) is 4. The quantitative estimate of drug-likeness (QED) is 0.348. The highest BCUT2D eigenvalue weighted by Crippen LogP contribution is 2.39. The molecule has 2 aromatic rings. The molecule has 1 unspecified atom stereocenters. The number of fused-ring (bicyclic) bond motifs is 1. The molecule has 1 saturated carbocycles. The molecule has 0 bridgehead atoms. The van der Waals surface area contributed by atoms with Crippen LogP contribution in [0, 0.1) is 11.8 Å². The second-order valence-corrected chi connectivity index (χ2v) is 10.1. The minimum atomic E-state index is -0.0626. The van der Waals surface area contributed by atoms with Gasteiger partial charge in [0.25, 0.3) is 0 Å². The van der Waals surface area contributed by atoms with Crippen LogP contribution < -0.4 is 4.74 Å². The van der Waals surface area contributed by atoms with Gasteiger partial charge < -0.3 is 9.47 Å². The van der Waals surface area contributed by atoms with Gasteiger partial charge in [-0.15, -0.1) is 0 Å². The predicted octanol–water partition coefficient (Wildman–Crippen LogP) is 8.71. The monoisotopic (exact) mass is 434 g/mol. The van der Waals surface area contributed by atoms with Gasteiger partial charge in [0, 0.05) is 11.5 Å². The number of benzene rings is 2. The molecule has 1 atom stereocenters. The lowest BCUT2D eigenvalue weighted by molar-refractivity contribution is -0.148. The molecule has 1 fully saturated rings. The van der Waals surface area contributed by atoms with Crippen LogP contribution in [0.15, 0.2) is 42.5 Å². The fourth-order valence-electron chi connectivity index (χ4n) is 5.43. The Morgan fingerprint density at radius 3 is 2.25 bits per heavy atom. The first kappa shape index (κ1) is 23.4. The Morgan fingerprint density at radius 1 is 0.781 bits per heavy atom. The minimum Gasteiger partial charge on any atom is -0.464 e. The van der Waals surface area contributed by atoms with Gasteiger partial charge in [0.2, 0.25) is 6.29 Å². The van der Waals surface area contributed by atoms with Crippen molar-refractivity contribution in [2.24, 2.45) is 11.8 Å². The molecule has 1 aliphatic carbocycles. The maximum atomic E-state index is 6.35. The summed E-state index contributed by atoms with van der Waals surface area (Å²) in [7, 11) is 0. The summed E-state index contributed by atoms with van der Waals surface area (Å²) in [6.45, 7) is 5.22. The number of aryl methyl sites for hydroxylation is 1. The minimum absolute atomic E-state index is 0.0626. The largest absolute Gasteiger partial charge is 0.464 e. The van der Waals surface area contributed by atoms with Crippen LogP contribution in [0.25, 0.3) is 11.1 Å². The van der Waals surface area contributed by atoms with E-state index < -0.39 is 0 Å². The van der Waals surface area contributed by atoms with E-state index in [1.165, 1.54) is 99.3 Å². The lowest BCUT2D eigenvalue weighted by Gasteiger charge is -2.36. The van der Waals surface area contributed by atoms with Gasteiger partial charge >= 0.3 is 0 Å². The van der Waals surface area contributed by atoms with Gasteiger partial charge in [-0.2, -0.15) is 0 Å². The van der Waals surface area contributed by atoms with Crippen molar-refractivity contribution >= 4 is 0 Å². The molecule has 2 aromatic carbocycles. The van der Waals surface area contributed by atoms with Crippen LogP contribution in [0.3, 0.4) is 0 Å². The molecule has 1 heterocycles. The highest BCUT2D eigenvalue weighted by Gasteiger charge is 2.32. The fraction of sp³-hybridized carbons (Fsp3) is 0.600. The maximum Gasteiger partial charge on any atom is 0.203 e. The van der Waals surface area contributed by atoms with Crippen molar-refractivity contribution in [2.45, 2.75) is 104 Å². The molecule has 2 aliphatic rings. The zero-order chi connectivity index (χ0) is 22.2. The smallest absolute Gasteiger partial charge is 0.203 e. The second-order valence-electron chi connectivity index (χ2n) is 10.1. The molecular weight excluding hydrogens is 392 g/mol. The van der Waals surface area contributed by atoms with E-state index in [9.17, 15) is 0 Å². The van der Waals surface area contributed by atoms with Crippen molar-refractivity contribution in [3.05, 3.63) is 53.6 Å². The number of rotatable bonds is 10. The lowest BCUT2D eigenvalue weighted by atomic mass is 9.79. The average Bonchev–Trinajstić information content (AvgIpc) is 2.85. The summed E-state index contributed by atoms with van der Waals surface area (Å²) >= 11 is 0. The van der Waals surface area contributed by atoms with Crippen LogP contribution in [-0.2, 0) is 17.8 Å². The van der Waals surface area contributed by atoms with Gasteiger partial charge in [0.1, 0.15) is 5.75 Å². The first-order valence-corrected chi connectivity index (χ1v) is 13.3. The van der Waals surface area contributed by atoms with E-state index >= 15 is 0 Å². The zero-order valence-electron chi connectivity index (χ0n) is 20.3. The van der Waals surface area contributed by atoms with Crippen molar-refractivity contribution in [1.29, 1.82) is 0 Å². The Kier molecular flexibility index (Phi) is 8.68. The third-order valence-electron chi connectivity index (χ3n) is 7.56. The van der Waals surface area contributed by atoms with Crippen molar-refractivity contribution in [2.75, 3.05) is 0 Å². The molecule has 2 heteroatoms. The van der Waals surface area contributed by atoms with Crippen molar-refractivity contribution in [3.8, 4) is 16.9 Å². The van der Waals surface area contributed by atoms with Gasteiger partial charge in [-0.1, -0.05) is 82.7 Å². The topological polar surface area (TPSA) is 18.5 Å². The summed E-state index contributed by atoms with van der Waals surface area (Å²) in [5, 5.41) is 0. The highest BCUT2D eigenvalue weighted by atomic mass is 16.7. The molecular formula is C30H42O2. The summed E-state index contributed by atoms with van der Waals surface area (Å²) in [6.07, 6.45) is 15.7. The summed E-state index contributed by atoms with van der Waals surface area (Å²) in [4.78, 5) is 0. The van der Waals surface area contributed by atoms with Gasteiger partial charge in [-0.3, -0.25) is 0 Å². The molecule has 0 N–H and O–H groups in total. The van der Waals surface area contributed by atoms with E-state index in [2.05, 4.69) is 56.3 Å². The molecule has 0 spiro atoms. The number of ether oxygens (including phenoxy) is 2. The average molecular weight is 435 g/mol. The summed E-state index contributed by atoms with van der Waals surface area (Å²) in [6, 6.07) is 15.7. The third-order valence-corrected chi connectivity index (χ3v) is 7.56. The predicted molar refractivity (Wildman–Crippen MR) is 134 cm³/mol. The zero-order valence-corrected chi connectivity index (χ0v) is 20.3. The summed E-state index contributed by atoms with van der Waals surface area (Å²) in [5.41, 5.74) is 5.14. The van der Waals surface area contributed by atoms with E-state index in [4.69, 9.17) is 9.47 Å². The molecule has 0 aromatic heterocycles. The standard InChI is InChI=1S/C30H42O2/c1-3-5-7-9-23-11-15-25(16-12-23)27-19-20-29-28(21-27)22-31-30(32-29)26-17-13-24(14-18-26)10-8-6-4-2/h11-12,15-16,19-21,24,26,30H,3-10,13-14,17-18,22H2,1-2H3. The van der Waals surface area contributed by atoms with E-state index in [1.54, 1.807) is 0 Å². The number of hydrogen-bond donors (Lipinski definition) is 0. The van der Waals surface area contributed by atoms with Gasteiger partial charge in [0.15, 0.2) is 0 Å². The molecule has 0 saturated heterocycles. The van der Waals surface area contributed by atoms with Crippen LogP contribution in [-0.4, -0.2) is 6.29 Å². The third kappa shape index (κ3) is 6.16. The van der Waals surface area contributed by atoms with E-state index in [0.29, 0.717) is 12.5 Å². The van der Waals surface area contributed by atoms with Crippen LogP contribution >= 0.6 is 0 Å². The Labute approximate surface area is 195 Å². The van der Waals surface area contributed by atoms with Crippen LogP contribution in [0.4, 0.5) is 0 Å². The van der Waals surface area contributed by atoms with Crippen LogP contribution in [0.1, 0.15) is 95.6 Å². The van der Waals surface area contributed by atoms with E-state index in [1.807, 2.05) is 0 Å². The van der Waals surface area contributed by atoms with Gasteiger partial charge in [0.05, 0.1) is 6.61 Å². The van der Waals surface area contributed by atoms with Gasteiger partial charge in [-0.25, -0.2) is 0 Å². The maximum absolute atomic E-state index is 6.35. The van der Waals surface area contributed by atoms with E-state index in [0.717, 1.165) is 11.7 Å². The molecule has 0 amide bonds. The Balaban J connectivity index is 1.31. The first-order chi connectivity index (χ1) is 15.8. The molecule has 0 radical (unpaired) electrons. The van der Waals surface area contributed by atoms with Crippen molar-refractivity contribution < 1.29 is 9.47 Å². The van der Waals surface area contributed by atoms with Crippen molar-refractivity contribution in [3.63, 3.8) is 0 Å². The first-order valence-electron chi connectivity index (χ1n) is 13.3. The normalized spacial score (nSPS) is 22.9. The second kappa shape index (κ2) is 11.9. The van der Waals surface area contributed by atoms with Crippen LogP contribution in [0.5, 0.6) is 5.75 Å². The highest BCUT2D eigenvalue weighted by molar-refractivity contribution is 5.66. The molecule has 32 heavy (non-hydrogen) atoms. The molecule has 1 aliphatic heterocycles. The Bertz CT molecular complexity index is 817. The Hall–Kier alpha value is -1.80. The lowest BCUT2D eigenvalue weighted by Crippen LogP contribution is -2.35. The van der Waals surface area contributed by atoms with Crippen molar-refractivity contribution in [1.82, 2.24) is 0 Å². The van der Waals surface area contributed by atoms with E-state index in [-0.39, 0.29) is 6.29 Å². The molecule has 4 rings (SSSR count). The summed E-state index contributed by atoms with van der Waals surface area (Å²) in [5.74, 6) is 2.49. The van der Waals surface area contributed by atoms with Gasteiger partial charge in [-0.05, 0) is 73.3 Å². The molecule has 174 valence electrons. The summed E-state index contributed by atoms with van der Waals surface area (Å²) < 4.78 is 12.6. The molecule has 2 nitrogen and oxygen atoms in total. The number of hydrogen-bond acceptors (Lipinski definition) is 2. The fourth-order valence-corrected chi connectivity index (χ4v) is 5.43. The van der Waals surface area contributed by atoms with Crippen LogP contribution in [0.2, 0.25) is 0 Å². The SMILES string of the molecule is CCCCCc1ccc(-c2ccc3c(c2)COC(C2CCC(CCCCC)CC2)O3)cc1. The Morgan fingerprint density at radius 2 is 1.50 bits per heavy atom.